The second kappa shape index (κ2) is 4.52. The molecule has 0 aromatic rings. The molecule has 0 N–H and O–H groups in total. The molecule has 2 amide bonds. The van der Waals surface area contributed by atoms with Gasteiger partial charge in [-0.15, -0.1) is 0 Å². The number of piperazine rings is 1. The third-order valence-corrected chi connectivity index (χ3v) is 5.32. The van der Waals surface area contributed by atoms with Crippen molar-refractivity contribution >= 4 is 23.6 Å². The van der Waals surface area contributed by atoms with Crippen molar-refractivity contribution in [3.05, 3.63) is 0 Å². The highest BCUT2D eigenvalue weighted by Gasteiger charge is 2.42. The van der Waals surface area contributed by atoms with Crippen molar-refractivity contribution in [3.63, 3.8) is 0 Å². The highest BCUT2D eigenvalue weighted by molar-refractivity contribution is 8.00. The second-order valence-corrected chi connectivity index (χ2v) is 6.51. The lowest BCUT2D eigenvalue weighted by Crippen LogP contribution is -2.58. The Balaban J connectivity index is 1.68. The van der Waals surface area contributed by atoms with Gasteiger partial charge in [-0.1, -0.05) is 0 Å². The number of carbonyl (C=O) groups is 2. The first kappa shape index (κ1) is 11.4. The first-order valence-electron chi connectivity index (χ1n) is 6.45. The highest BCUT2D eigenvalue weighted by Crippen LogP contribution is 2.29. The zero-order valence-electron chi connectivity index (χ0n) is 9.93. The largest absolute Gasteiger partial charge is 0.330 e. The average molecular weight is 254 g/mol. The molecule has 0 saturated carbocycles. The summed E-state index contributed by atoms with van der Waals surface area (Å²) in [4.78, 5) is 27.8. The number of hydrogen-bond acceptors (Lipinski definition) is 3. The van der Waals surface area contributed by atoms with E-state index in [9.17, 15) is 9.59 Å². The fraction of sp³-hybridized carbons (Fsp3) is 0.833. The molecule has 4 nitrogen and oxygen atoms in total. The topological polar surface area (TPSA) is 40.6 Å². The number of nitrogens with zero attached hydrogens (tertiary/aromatic N) is 2. The molecule has 0 bridgehead atoms. The summed E-state index contributed by atoms with van der Waals surface area (Å²) in [6, 6.07) is -0.136. The quantitative estimate of drug-likeness (QED) is 0.729. The molecule has 3 heterocycles. The Kier molecular flexibility index (Phi) is 3.03. The average Bonchev–Trinajstić information content (AvgIpc) is 2.96. The smallest absolute Gasteiger partial charge is 0.245 e. The molecule has 2 atom stereocenters. The Labute approximate surface area is 106 Å². The van der Waals surface area contributed by atoms with Gasteiger partial charge < -0.3 is 9.80 Å². The SMILES string of the molecule is O=C1C2CCCN2C(=O)CN1CC1CCCS1. The number of rotatable bonds is 2. The minimum atomic E-state index is -0.136. The fourth-order valence-corrected chi connectivity index (χ4v) is 4.34. The molecule has 2 unspecified atom stereocenters. The fourth-order valence-electron chi connectivity index (χ4n) is 3.05. The molecule has 0 aromatic heterocycles. The summed E-state index contributed by atoms with van der Waals surface area (Å²) in [5.41, 5.74) is 0. The summed E-state index contributed by atoms with van der Waals surface area (Å²) in [5.74, 6) is 1.54. The van der Waals surface area contributed by atoms with Gasteiger partial charge in [0.25, 0.3) is 0 Å². The van der Waals surface area contributed by atoms with Crippen LogP contribution in [0.2, 0.25) is 0 Å². The van der Waals surface area contributed by atoms with E-state index in [-0.39, 0.29) is 17.9 Å². The Morgan fingerprint density at radius 2 is 2.12 bits per heavy atom. The molecule has 3 rings (SSSR count). The van der Waals surface area contributed by atoms with Crippen molar-refractivity contribution in [2.75, 3.05) is 25.4 Å². The van der Waals surface area contributed by atoms with Crippen LogP contribution in [0.3, 0.4) is 0 Å². The van der Waals surface area contributed by atoms with Crippen LogP contribution in [0.4, 0.5) is 0 Å². The van der Waals surface area contributed by atoms with E-state index < -0.39 is 0 Å². The lowest BCUT2D eigenvalue weighted by molar-refractivity contribution is -0.153. The van der Waals surface area contributed by atoms with Crippen LogP contribution in [0.5, 0.6) is 0 Å². The molecule has 3 aliphatic rings. The van der Waals surface area contributed by atoms with Gasteiger partial charge in [-0.2, -0.15) is 11.8 Å². The van der Waals surface area contributed by atoms with Gasteiger partial charge in [0.1, 0.15) is 6.04 Å². The van der Waals surface area contributed by atoms with Crippen LogP contribution in [0.25, 0.3) is 0 Å². The predicted octanol–water partition coefficient (Wildman–Crippen LogP) is 0.715. The number of fused-ring (bicyclic) bond motifs is 1. The Morgan fingerprint density at radius 1 is 1.24 bits per heavy atom. The minimum Gasteiger partial charge on any atom is -0.330 e. The zero-order valence-corrected chi connectivity index (χ0v) is 10.7. The summed E-state index contributed by atoms with van der Waals surface area (Å²) in [5, 5.41) is 0.555. The van der Waals surface area contributed by atoms with Crippen LogP contribution >= 0.6 is 11.8 Å². The van der Waals surface area contributed by atoms with Gasteiger partial charge in [-0.3, -0.25) is 9.59 Å². The van der Waals surface area contributed by atoms with Crippen LogP contribution in [0, 0.1) is 0 Å². The van der Waals surface area contributed by atoms with Crippen LogP contribution in [0.1, 0.15) is 25.7 Å². The summed E-state index contributed by atoms with van der Waals surface area (Å²) in [6.45, 7) is 1.87. The summed E-state index contributed by atoms with van der Waals surface area (Å²) >= 11 is 1.95. The van der Waals surface area contributed by atoms with E-state index >= 15 is 0 Å². The molecule has 5 heteroatoms. The lowest BCUT2D eigenvalue weighted by Gasteiger charge is -2.37. The lowest BCUT2D eigenvalue weighted by atomic mass is 10.1. The van der Waals surface area contributed by atoms with E-state index in [0.29, 0.717) is 11.8 Å². The van der Waals surface area contributed by atoms with Gasteiger partial charge in [0.15, 0.2) is 0 Å². The molecule has 3 saturated heterocycles. The van der Waals surface area contributed by atoms with Gasteiger partial charge in [0, 0.05) is 18.3 Å². The maximum Gasteiger partial charge on any atom is 0.245 e. The minimum absolute atomic E-state index is 0.136. The Bertz CT molecular complexity index is 341. The normalized spacial score (nSPS) is 33.4. The van der Waals surface area contributed by atoms with E-state index in [1.165, 1.54) is 18.6 Å². The van der Waals surface area contributed by atoms with Crippen molar-refractivity contribution < 1.29 is 9.59 Å². The van der Waals surface area contributed by atoms with Crippen molar-refractivity contribution in [2.24, 2.45) is 0 Å². The Morgan fingerprint density at radius 3 is 2.88 bits per heavy atom. The number of hydrogen-bond donors (Lipinski definition) is 0. The third kappa shape index (κ3) is 2.05. The molecule has 3 aliphatic heterocycles. The van der Waals surface area contributed by atoms with E-state index in [0.717, 1.165) is 25.9 Å². The van der Waals surface area contributed by atoms with E-state index in [1.54, 1.807) is 9.80 Å². The third-order valence-electron chi connectivity index (χ3n) is 3.94. The first-order valence-corrected chi connectivity index (χ1v) is 7.50. The zero-order chi connectivity index (χ0) is 11.8. The van der Waals surface area contributed by atoms with Crippen molar-refractivity contribution in [3.8, 4) is 0 Å². The van der Waals surface area contributed by atoms with E-state index in [1.807, 2.05) is 11.8 Å². The van der Waals surface area contributed by atoms with Gasteiger partial charge in [0.05, 0.1) is 6.54 Å². The molecule has 0 radical (unpaired) electrons. The highest BCUT2D eigenvalue weighted by atomic mass is 32.2. The number of thioether (sulfide) groups is 1. The molecule has 17 heavy (non-hydrogen) atoms. The predicted molar refractivity (Wildman–Crippen MR) is 66.8 cm³/mol. The van der Waals surface area contributed by atoms with Crippen molar-refractivity contribution in [2.45, 2.75) is 37.0 Å². The van der Waals surface area contributed by atoms with E-state index in [4.69, 9.17) is 0 Å². The molecule has 0 aliphatic carbocycles. The summed E-state index contributed by atoms with van der Waals surface area (Å²) < 4.78 is 0. The van der Waals surface area contributed by atoms with Gasteiger partial charge in [-0.25, -0.2) is 0 Å². The summed E-state index contributed by atoms with van der Waals surface area (Å²) in [7, 11) is 0. The maximum absolute atomic E-state index is 12.3. The summed E-state index contributed by atoms with van der Waals surface area (Å²) in [6.07, 6.45) is 4.28. The number of amides is 2. The molecular weight excluding hydrogens is 236 g/mol. The standard InChI is InChI=1S/C12H18N2O2S/c15-11-8-13(7-9-3-2-6-17-9)12(16)10-4-1-5-14(10)11/h9-10H,1-8H2. The molecule has 0 aromatic carbocycles. The second-order valence-electron chi connectivity index (χ2n) is 5.10. The molecular formula is C12H18N2O2S. The van der Waals surface area contributed by atoms with Crippen molar-refractivity contribution in [1.82, 2.24) is 9.80 Å². The van der Waals surface area contributed by atoms with Crippen LogP contribution in [0.15, 0.2) is 0 Å². The Hall–Kier alpha value is -0.710. The van der Waals surface area contributed by atoms with Gasteiger partial charge in [0.2, 0.25) is 11.8 Å². The molecule has 0 spiro atoms. The monoisotopic (exact) mass is 254 g/mol. The maximum atomic E-state index is 12.3. The first-order chi connectivity index (χ1) is 8.25. The number of carbonyl (C=O) groups excluding carboxylic acids is 2. The molecule has 3 fully saturated rings. The van der Waals surface area contributed by atoms with Crippen LogP contribution in [-0.2, 0) is 9.59 Å². The van der Waals surface area contributed by atoms with Gasteiger partial charge in [-0.05, 0) is 31.4 Å². The molecule has 94 valence electrons. The van der Waals surface area contributed by atoms with Gasteiger partial charge >= 0.3 is 0 Å². The van der Waals surface area contributed by atoms with Crippen LogP contribution in [-0.4, -0.2) is 58.3 Å². The van der Waals surface area contributed by atoms with E-state index in [2.05, 4.69) is 0 Å². The van der Waals surface area contributed by atoms with Crippen LogP contribution < -0.4 is 0 Å². The van der Waals surface area contributed by atoms with Crippen molar-refractivity contribution in [1.29, 1.82) is 0 Å².